The van der Waals surface area contributed by atoms with Crippen LogP contribution >= 0.6 is 22.9 Å². The second-order valence-corrected chi connectivity index (χ2v) is 4.16. The van der Waals surface area contributed by atoms with E-state index in [2.05, 4.69) is 18.8 Å². The minimum absolute atomic E-state index is 0.243. The van der Waals surface area contributed by atoms with E-state index in [-0.39, 0.29) is 6.04 Å². The highest BCUT2D eigenvalue weighted by atomic mass is 35.5. The molecule has 0 radical (unpaired) electrons. The van der Waals surface area contributed by atoms with Gasteiger partial charge in [0.2, 0.25) is 0 Å². The van der Waals surface area contributed by atoms with E-state index in [0.29, 0.717) is 0 Å². The normalized spacial score (nSPS) is 12.8. The van der Waals surface area contributed by atoms with Gasteiger partial charge in [-0.3, -0.25) is 0 Å². The topological polar surface area (TPSA) is 12.0 Å². The summed E-state index contributed by atoms with van der Waals surface area (Å²) in [7, 11) is 0. The molecule has 1 heterocycles. The highest BCUT2D eigenvalue weighted by Crippen LogP contribution is 2.27. The van der Waals surface area contributed by atoms with Gasteiger partial charge in [0.25, 0.3) is 0 Å². The first kappa shape index (κ1) is 9.78. The maximum Gasteiger partial charge on any atom is 0.0931 e. The molecule has 3 heteroatoms. The highest BCUT2D eigenvalue weighted by Gasteiger charge is 2.07. The van der Waals surface area contributed by atoms with Crippen molar-refractivity contribution in [1.82, 2.24) is 5.32 Å². The Kier molecular flexibility index (Phi) is 3.79. The van der Waals surface area contributed by atoms with Gasteiger partial charge >= 0.3 is 0 Å². The number of rotatable bonds is 4. The van der Waals surface area contributed by atoms with Crippen LogP contribution in [0.25, 0.3) is 0 Å². The molecule has 0 aliphatic heterocycles. The fourth-order valence-electron chi connectivity index (χ4n) is 1.02. The fourth-order valence-corrected chi connectivity index (χ4v) is 2.15. The van der Waals surface area contributed by atoms with Crippen LogP contribution < -0.4 is 5.32 Å². The van der Waals surface area contributed by atoms with Crippen molar-refractivity contribution in [2.45, 2.75) is 13.0 Å². The zero-order chi connectivity index (χ0) is 8.97. The van der Waals surface area contributed by atoms with Crippen molar-refractivity contribution in [2.75, 3.05) is 6.54 Å². The molecular formula is C9H12ClNS. The quantitative estimate of drug-likeness (QED) is 0.738. The van der Waals surface area contributed by atoms with E-state index in [1.807, 2.05) is 18.2 Å². The van der Waals surface area contributed by atoms with Crippen LogP contribution in [0.1, 0.15) is 17.8 Å². The van der Waals surface area contributed by atoms with Crippen molar-refractivity contribution in [1.29, 1.82) is 0 Å². The van der Waals surface area contributed by atoms with E-state index >= 15 is 0 Å². The van der Waals surface area contributed by atoms with Gasteiger partial charge in [0.05, 0.1) is 10.4 Å². The molecule has 0 aromatic carbocycles. The molecule has 1 atom stereocenters. The molecule has 1 nitrogen and oxygen atoms in total. The number of hydrogen-bond donors (Lipinski definition) is 1. The lowest BCUT2D eigenvalue weighted by atomic mass is 10.2. The van der Waals surface area contributed by atoms with Gasteiger partial charge in [-0.15, -0.1) is 17.9 Å². The summed E-state index contributed by atoms with van der Waals surface area (Å²) in [6.07, 6.45) is 1.89. The largest absolute Gasteiger partial charge is 0.306 e. The lowest BCUT2D eigenvalue weighted by molar-refractivity contribution is 0.658. The van der Waals surface area contributed by atoms with Crippen molar-refractivity contribution < 1.29 is 0 Å². The summed E-state index contributed by atoms with van der Waals surface area (Å²) in [6, 6.07) is 4.18. The van der Waals surface area contributed by atoms with Crippen LogP contribution in [-0.4, -0.2) is 6.54 Å². The summed E-state index contributed by atoms with van der Waals surface area (Å²) in [4.78, 5) is 1.22. The predicted octanol–water partition coefficient (Wildman–Crippen LogP) is 3.24. The molecule has 0 saturated carbocycles. The molecule has 1 aromatic rings. The Bertz CT molecular complexity index is 257. The second kappa shape index (κ2) is 4.65. The average molecular weight is 202 g/mol. The predicted molar refractivity (Wildman–Crippen MR) is 55.9 cm³/mol. The summed E-state index contributed by atoms with van der Waals surface area (Å²) >= 11 is 7.41. The van der Waals surface area contributed by atoms with Gasteiger partial charge in [0.1, 0.15) is 0 Å². The summed E-state index contributed by atoms with van der Waals surface area (Å²) in [5, 5.41) is 3.30. The molecular weight excluding hydrogens is 190 g/mol. The molecule has 12 heavy (non-hydrogen) atoms. The zero-order valence-electron chi connectivity index (χ0n) is 7.01. The number of hydrogen-bond acceptors (Lipinski definition) is 2. The Morgan fingerprint density at radius 1 is 1.75 bits per heavy atom. The lowest BCUT2D eigenvalue weighted by Crippen LogP contribution is -2.17. The first-order valence-electron chi connectivity index (χ1n) is 3.89. The molecule has 0 aliphatic rings. The lowest BCUT2D eigenvalue weighted by Gasteiger charge is -2.09. The second-order valence-electron chi connectivity index (χ2n) is 2.41. The van der Waals surface area contributed by atoms with Crippen LogP contribution in [0.15, 0.2) is 24.8 Å². The molecule has 0 amide bonds. The Morgan fingerprint density at radius 2 is 2.50 bits per heavy atom. The van der Waals surface area contributed by atoms with E-state index in [1.165, 1.54) is 4.88 Å². The average Bonchev–Trinajstić information content (AvgIpc) is 2.47. The summed E-state index contributed by atoms with van der Waals surface area (Å²) in [6.45, 7) is 6.78. The minimum Gasteiger partial charge on any atom is -0.306 e. The van der Waals surface area contributed by atoms with E-state index < -0.39 is 0 Å². The molecule has 66 valence electrons. The Labute approximate surface area is 82.1 Å². The summed E-state index contributed by atoms with van der Waals surface area (Å²) in [5.74, 6) is 0. The van der Waals surface area contributed by atoms with Gasteiger partial charge in [-0.25, -0.2) is 0 Å². The van der Waals surface area contributed by atoms with Gasteiger partial charge in [0, 0.05) is 4.88 Å². The Balaban J connectivity index is 2.72. The van der Waals surface area contributed by atoms with E-state index in [9.17, 15) is 0 Å². The van der Waals surface area contributed by atoms with E-state index in [4.69, 9.17) is 11.6 Å². The van der Waals surface area contributed by atoms with Crippen molar-refractivity contribution in [3.63, 3.8) is 0 Å². The van der Waals surface area contributed by atoms with E-state index in [1.54, 1.807) is 11.3 Å². The van der Waals surface area contributed by atoms with E-state index in [0.717, 1.165) is 10.9 Å². The van der Waals surface area contributed by atoms with Crippen LogP contribution in [0.5, 0.6) is 0 Å². The monoisotopic (exact) mass is 201 g/mol. The third-order valence-corrected chi connectivity index (χ3v) is 2.87. The standard InChI is InChI=1S/C9H12ClNS/c1-3-7(11-4-2)8-5-6-9(10)12-8/h3,5-7,11H,1,4H2,2H3. The number of thiophene rings is 1. The van der Waals surface area contributed by atoms with Crippen LogP contribution in [0.3, 0.4) is 0 Å². The van der Waals surface area contributed by atoms with Crippen molar-refractivity contribution >= 4 is 22.9 Å². The third-order valence-electron chi connectivity index (χ3n) is 1.56. The molecule has 0 bridgehead atoms. The number of likely N-dealkylation sites (N-methyl/N-ethyl adjacent to an activating group) is 1. The zero-order valence-corrected chi connectivity index (χ0v) is 8.58. The first-order chi connectivity index (χ1) is 5.77. The SMILES string of the molecule is C=CC(NCC)c1ccc(Cl)s1. The van der Waals surface area contributed by atoms with Crippen molar-refractivity contribution in [3.05, 3.63) is 34.0 Å². The van der Waals surface area contributed by atoms with Crippen LogP contribution in [0, 0.1) is 0 Å². The fraction of sp³-hybridized carbons (Fsp3) is 0.333. The van der Waals surface area contributed by atoms with Crippen LogP contribution in [0.2, 0.25) is 4.34 Å². The number of halogens is 1. The molecule has 1 rings (SSSR count). The number of nitrogens with one attached hydrogen (secondary N) is 1. The molecule has 1 unspecified atom stereocenters. The Morgan fingerprint density at radius 3 is 2.92 bits per heavy atom. The molecule has 1 N–H and O–H groups in total. The van der Waals surface area contributed by atoms with Gasteiger partial charge in [-0.05, 0) is 18.7 Å². The first-order valence-corrected chi connectivity index (χ1v) is 5.08. The van der Waals surface area contributed by atoms with Gasteiger partial charge < -0.3 is 5.32 Å². The molecule has 0 aliphatic carbocycles. The van der Waals surface area contributed by atoms with Crippen molar-refractivity contribution in [2.24, 2.45) is 0 Å². The Hall–Kier alpha value is -0.310. The molecule has 0 saturated heterocycles. The van der Waals surface area contributed by atoms with Gasteiger partial charge in [-0.2, -0.15) is 0 Å². The molecule has 1 aromatic heterocycles. The van der Waals surface area contributed by atoms with Crippen molar-refractivity contribution in [3.8, 4) is 0 Å². The molecule has 0 fully saturated rings. The highest BCUT2D eigenvalue weighted by molar-refractivity contribution is 7.16. The maximum absolute atomic E-state index is 5.82. The smallest absolute Gasteiger partial charge is 0.0931 e. The summed E-state index contributed by atoms with van der Waals surface area (Å²) < 4.78 is 0.828. The third kappa shape index (κ3) is 2.34. The molecule has 0 spiro atoms. The van der Waals surface area contributed by atoms with Gasteiger partial charge in [-0.1, -0.05) is 24.6 Å². The van der Waals surface area contributed by atoms with Crippen LogP contribution in [0.4, 0.5) is 0 Å². The summed E-state index contributed by atoms with van der Waals surface area (Å²) in [5.41, 5.74) is 0. The van der Waals surface area contributed by atoms with Gasteiger partial charge in [0.15, 0.2) is 0 Å². The van der Waals surface area contributed by atoms with Crippen LogP contribution in [-0.2, 0) is 0 Å². The minimum atomic E-state index is 0.243. The maximum atomic E-state index is 5.82.